The van der Waals surface area contributed by atoms with Crippen LogP contribution in [0.3, 0.4) is 0 Å². The lowest BCUT2D eigenvalue weighted by Gasteiger charge is -2.28. The Bertz CT molecular complexity index is 434. The monoisotopic (exact) mass is 290 g/mol. The van der Waals surface area contributed by atoms with E-state index < -0.39 is 0 Å². The zero-order chi connectivity index (χ0) is 16.0. The number of nitrogens with two attached hydrogens (primary N) is 1. The van der Waals surface area contributed by atoms with E-state index in [9.17, 15) is 4.79 Å². The number of rotatable bonds is 6. The Balaban J connectivity index is 2.81. The van der Waals surface area contributed by atoms with Crippen molar-refractivity contribution in [2.24, 2.45) is 23.0 Å². The van der Waals surface area contributed by atoms with Gasteiger partial charge in [0.1, 0.15) is 0 Å². The largest absolute Gasteiger partial charge is 0.349 e. The summed E-state index contributed by atoms with van der Waals surface area (Å²) in [6.45, 7) is 11.1. The van der Waals surface area contributed by atoms with Gasteiger partial charge in [0, 0.05) is 6.54 Å². The van der Waals surface area contributed by atoms with E-state index in [0.29, 0.717) is 12.5 Å². The maximum Gasteiger partial charge on any atom is 0.224 e. The molecule has 0 aliphatic rings. The van der Waals surface area contributed by atoms with Crippen molar-refractivity contribution in [2.75, 3.05) is 6.54 Å². The minimum atomic E-state index is -0.130. The van der Waals surface area contributed by atoms with Crippen LogP contribution in [-0.4, -0.2) is 12.5 Å². The van der Waals surface area contributed by atoms with Crippen LogP contribution in [0.25, 0.3) is 0 Å². The number of benzene rings is 1. The highest BCUT2D eigenvalue weighted by atomic mass is 16.2. The molecule has 0 aromatic heterocycles. The highest BCUT2D eigenvalue weighted by molar-refractivity contribution is 5.79. The molecule has 3 heteroatoms. The Kier molecular flexibility index (Phi) is 6.41. The summed E-state index contributed by atoms with van der Waals surface area (Å²) in [6.07, 6.45) is 0.801. The van der Waals surface area contributed by atoms with Crippen LogP contribution >= 0.6 is 0 Å². The Morgan fingerprint density at radius 2 is 1.76 bits per heavy atom. The van der Waals surface area contributed by atoms with Gasteiger partial charge >= 0.3 is 0 Å². The second-order valence-electron chi connectivity index (χ2n) is 7.34. The summed E-state index contributed by atoms with van der Waals surface area (Å²) in [6, 6.07) is 10.2. The van der Waals surface area contributed by atoms with E-state index in [4.69, 9.17) is 5.73 Å². The molecule has 3 N–H and O–H groups in total. The molecule has 0 heterocycles. The first-order valence-corrected chi connectivity index (χ1v) is 7.80. The molecule has 1 aromatic carbocycles. The predicted octanol–water partition coefficient (Wildman–Crippen LogP) is 3.51. The fourth-order valence-corrected chi connectivity index (χ4v) is 2.59. The average Bonchev–Trinajstić information content (AvgIpc) is 2.41. The Hall–Kier alpha value is -1.35. The van der Waals surface area contributed by atoms with Crippen LogP contribution < -0.4 is 11.1 Å². The second-order valence-corrected chi connectivity index (χ2v) is 7.34. The average molecular weight is 290 g/mol. The van der Waals surface area contributed by atoms with Crippen molar-refractivity contribution in [3.05, 3.63) is 35.9 Å². The molecule has 21 heavy (non-hydrogen) atoms. The highest BCUT2D eigenvalue weighted by Gasteiger charge is 2.26. The van der Waals surface area contributed by atoms with Crippen molar-refractivity contribution in [1.29, 1.82) is 0 Å². The SMILES string of the molecule is CC(C)C(NC(=O)C(CN)CC(C)(C)C)c1ccccc1. The fourth-order valence-electron chi connectivity index (χ4n) is 2.59. The van der Waals surface area contributed by atoms with E-state index in [1.54, 1.807) is 0 Å². The molecular weight excluding hydrogens is 260 g/mol. The van der Waals surface area contributed by atoms with Crippen molar-refractivity contribution in [3.8, 4) is 0 Å². The molecule has 1 amide bonds. The van der Waals surface area contributed by atoms with Crippen LogP contribution in [0.4, 0.5) is 0 Å². The lowest BCUT2D eigenvalue weighted by molar-refractivity contribution is -0.126. The van der Waals surface area contributed by atoms with E-state index in [1.165, 1.54) is 0 Å². The van der Waals surface area contributed by atoms with Gasteiger partial charge < -0.3 is 11.1 Å². The molecule has 0 saturated heterocycles. The third-order valence-corrected chi connectivity index (χ3v) is 3.64. The standard InChI is InChI=1S/C18H30N2O/c1-13(2)16(14-9-7-6-8-10-14)20-17(21)15(12-19)11-18(3,4)5/h6-10,13,15-16H,11-12,19H2,1-5H3,(H,20,21). The first kappa shape index (κ1) is 17.7. The number of carbonyl (C=O) groups is 1. The molecule has 0 fully saturated rings. The zero-order valence-corrected chi connectivity index (χ0v) is 14.0. The Morgan fingerprint density at radius 1 is 1.19 bits per heavy atom. The summed E-state index contributed by atoms with van der Waals surface area (Å²) in [5.74, 6) is 0.273. The fraction of sp³-hybridized carbons (Fsp3) is 0.611. The van der Waals surface area contributed by atoms with E-state index in [-0.39, 0.29) is 23.3 Å². The van der Waals surface area contributed by atoms with Crippen molar-refractivity contribution in [3.63, 3.8) is 0 Å². The molecule has 1 rings (SSSR count). The van der Waals surface area contributed by atoms with Crippen LogP contribution in [0, 0.1) is 17.3 Å². The minimum absolute atomic E-state index is 0.0349. The first-order chi connectivity index (χ1) is 9.74. The third-order valence-electron chi connectivity index (χ3n) is 3.64. The summed E-state index contributed by atoms with van der Waals surface area (Å²) in [7, 11) is 0. The molecule has 1 aromatic rings. The lowest BCUT2D eigenvalue weighted by Crippen LogP contribution is -2.40. The second kappa shape index (κ2) is 7.60. The maximum absolute atomic E-state index is 12.5. The molecule has 118 valence electrons. The number of hydrogen-bond donors (Lipinski definition) is 2. The van der Waals surface area contributed by atoms with Gasteiger partial charge in [-0.2, -0.15) is 0 Å². The molecule has 0 spiro atoms. The number of amides is 1. The van der Waals surface area contributed by atoms with Crippen molar-refractivity contribution < 1.29 is 4.79 Å². The molecule has 3 nitrogen and oxygen atoms in total. The van der Waals surface area contributed by atoms with Crippen LogP contribution in [-0.2, 0) is 4.79 Å². The zero-order valence-electron chi connectivity index (χ0n) is 14.0. The van der Waals surface area contributed by atoms with Gasteiger partial charge in [0.2, 0.25) is 5.91 Å². The van der Waals surface area contributed by atoms with Crippen LogP contribution in [0.1, 0.15) is 52.6 Å². The summed E-state index contributed by atoms with van der Waals surface area (Å²) in [5.41, 5.74) is 7.05. The molecule has 2 atom stereocenters. The van der Waals surface area contributed by atoms with Gasteiger partial charge in [0.25, 0.3) is 0 Å². The number of carbonyl (C=O) groups excluding carboxylic acids is 1. The molecule has 0 aliphatic carbocycles. The van der Waals surface area contributed by atoms with Gasteiger partial charge in [0.15, 0.2) is 0 Å². The summed E-state index contributed by atoms with van der Waals surface area (Å²) in [5, 5.41) is 3.19. The van der Waals surface area contributed by atoms with E-state index in [1.807, 2.05) is 18.2 Å². The molecule has 0 saturated carbocycles. The summed E-state index contributed by atoms with van der Waals surface area (Å²) < 4.78 is 0. The van der Waals surface area contributed by atoms with Crippen LogP contribution in [0.2, 0.25) is 0 Å². The van der Waals surface area contributed by atoms with Crippen LogP contribution in [0.15, 0.2) is 30.3 Å². The smallest absolute Gasteiger partial charge is 0.224 e. The van der Waals surface area contributed by atoms with Gasteiger partial charge in [-0.15, -0.1) is 0 Å². The van der Waals surface area contributed by atoms with E-state index in [2.05, 4.69) is 52.1 Å². The highest BCUT2D eigenvalue weighted by Crippen LogP contribution is 2.26. The predicted molar refractivity (Wildman–Crippen MR) is 88.8 cm³/mol. The van der Waals surface area contributed by atoms with Crippen molar-refractivity contribution in [1.82, 2.24) is 5.32 Å². The Morgan fingerprint density at radius 3 is 2.19 bits per heavy atom. The van der Waals surface area contributed by atoms with Gasteiger partial charge in [-0.1, -0.05) is 65.0 Å². The van der Waals surface area contributed by atoms with Gasteiger partial charge in [-0.25, -0.2) is 0 Å². The Labute approximate surface area is 129 Å². The third kappa shape index (κ3) is 5.88. The molecule has 2 unspecified atom stereocenters. The first-order valence-electron chi connectivity index (χ1n) is 7.80. The molecule has 0 radical (unpaired) electrons. The lowest BCUT2D eigenvalue weighted by atomic mass is 9.84. The van der Waals surface area contributed by atoms with E-state index >= 15 is 0 Å². The van der Waals surface area contributed by atoms with Crippen molar-refractivity contribution in [2.45, 2.75) is 47.1 Å². The summed E-state index contributed by atoms with van der Waals surface area (Å²) in [4.78, 5) is 12.5. The van der Waals surface area contributed by atoms with E-state index in [0.717, 1.165) is 12.0 Å². The van der Waals surface area contributed by atoms with Crippen LogP contribution in [0.5, 0.6) is 0 Å². The normalized spacial score (nSPS) is 14.8. The van der Waals surface area contributed by atoms with Gasteiger partial charge in [-0.3, -0.25) is 4.79 Å². The topological polar surface area (TPSA) is 55.1 Å². The molecule has 0 aliphatic heterocycles. The van der Waals surface area contributed by atoms with Crippen molar-refractivity contribution >= 4 is 5.91 Å². The van der Waals surface area contributed by atoms with Gasteiger partial charge in [-0.05, 0) is 23.3 Å². The number of nitrogens with one attached hydrogen (secondary N) is 1. The molecule has 0 bridgehead atoms. The number of hydrogen-bond acceptors (Lipinski definition) is 2. The van der Waals surface area contributed by atoms with Gasteiger partial charge in [0.05, 0.1) is 12.0 Å². The molecular formula is C18H30N2O. The maximum atomic E-state index is 12.5. The minimum Gasteiger partial charge on any atom is -0.349 e. The summed E-state index contributed by atoms with van der Waals surface area (Å²) >= 11 is 0. The quantitative estimate of drug-likeness (QED) is 0.842.